The molecule has 3 nitrogen and oxygen atoms in total. The van der Waals surface area contributed by atoms with Crippen molar-refractivity contribution in [2.75, 3.05) is 37.6 Å². The van der Waals surface area contributed by atoms with Crippen molar-refractivity contribution >= 4 is 5.69 Å². The Labute approximate surface area is 192 Å². The van der Waals surface area contributed by atoms with E-state index in [1.807, 2.05) is 6.92 Å². The maximum Gasteiger partial charge on any atom is 0.0482 e. The number of hydrogen-bond donors (Lipinski definition) is 1. The predicted molar refractivity (Wildman–Crippen MR) is 137 cm³/mol. The molecule has 1 aliphatic carbocycles. The van der Waals surface area contributed by atoms with Crippen molar-refractivity contribution in [3.8, 4) is 11.8 Å². The fourth-order valence-electron chi connectivity index (χ4n) is 4.54. The molecular weight excluding hydrogens is 378 g/mol. The third-order valence-corrected chi connectivity index (χ3v) is 6.59. The van der Waals surface area contributed by atoms with Crippen molar-refractivity contribution in [3.63, 3.8) is 0 Å². The van der Waals surface area contributed by atoms with E-state index < -0.39 is 0 Å². The lowest BCUT2D eigenvalue weighted by Crippen LogP contribution is -2.46. The molecule has 1 aromatic carbocycles. The van der Waals surface area contributed by atoms with Crippen LogP contribution < -0.4 is 10.2 Å². The summed E-state index contributed by atoms with van der Waals surface area (Å²) in [7, 11) is 0. The Balaban J connectivity index is 0.000000233. The normalized spacial score (nSPS) is 17.2. The first kappa shape index (κ1) is 25.3. The Morgan fingerprint density at radius 2 is 1.74 bits per heavy atom. The van der Waals surface area contributed by atoms with Gasteiger partial charge in [0.15, 0.2) is 0 Å². The third-order valence-electron chi connectivity index (χ3n) is 6.59. The minimum absolute atomic E-state index is 0.667. The van der Waals surface area contributed by atoms with E-state index >= 15 is 0 Å². The van der Waals surface area contributed by atoms with Crippen LogP contribution in [0.5, 0.6) is 0 Å². The van der Waals surface area contributed by atoms with Gasteiger partial charge in [-0.15, -0.1) is 5.92 Å². The second-order valence-corrected chi connectivity index (χ2v) is 8.78. The second-order valence-electron chi connectivity index (χ2n) is 8.78. The number of likely N-dealkylation sites (N-methyl/N-ethyl adjacent to an activating group) is 1. The molecule has 1 N–H and O–H groups in total. The lowest BCUT2D eigenvalue weighted by atomic mass is 9.95. The Bertz CT molecular complexity index is 714. The summed E-state index contributed by atoms with van der Waals surface area (Å²) < 4.78 is 0. The molecular formula is C28H45N3. The molecule has 172 valence electrons. The molecule has 31 heavy (non-hydrogen) atoms. The SMILES string of the molecule is C=C(CC#CC)NC1CCCCC1.CCc1ccc(N2CCN(CC)CC2)c(CC)c1. The summed E-state index contributed by atoms with van der Waals surface area (Å²) in [6.07, 6.45) is 9.81. The third kappa shape index (κ3) is 8.62. The van der Waals surface area contributed by atoms with Gasteiger partial charge in [-0.2, -0.15) is 0 Å². The van der Waals surface area contributed by atoms with E-state index in [4.69, 9.17) is 0 Å². The molecule has 1 aromatic rings. The van der Waals surface area contributed by atoms with E-state index in [9.17, 15) is 0 Å². The van der Waals surface area contributed by atoms with Gasteiger partial charge in [0, 0.05) is 50.0 Å². The highest BCUT2D eigenvalue weighted by molar-refractivity contribution is 5.55. The molecule has 2 aliphatic rings. The summed E-state index contributed by atoms with van der Waals surface area (Å²) in [6.45, 7) is 18.5. The summed E-state index contributed by atoms with van der Waals surface area (Å²) in [5.74, 6) is 5.91. The number of hydrogen-bond acceptors (Lipinski definition) is 3. The molecule has 0 atom stereocenters. The van der Waals surface area contributed by atoms with Crippen LogP contribution in [0.1, 0.15) is 77.3 Å². The molecule has 0 amide bonds. The molecule has 1 saturated heterocycles. The van der Waals surface area contributed by atoms with Crippen molar-refractivity contribution in [3.05, 3.63) is 41.6 Å². The van der Waals surface area contributed by atoms with Gasteiger partial charge in [-0.3, -0.25) is 0 Å². The molecule has 0 bridgehead atoms. The standard InChI is InChI=1S/C16H26N2.C12H19N/c1-4-14-7-8-16(15(5-2)13-14)18-11-9-17(6-3)10-12-18;1-3-4-8-11(2)13-12-9-6-5-7-10-12/h7-8,13H,4-6,9-12H2,1-3H3;12-13H,2,5-10H2,1H3. The molecule has 1 saturated carbocycles. The van der Waals surface area contributed by atoms with Gasteiger partial charge in [0.25, 0.3) is 0 Å². The highest BCUT2D eigenvalue weighted by Gasteiger charge is 2.17. The van der Waals surface area contributed by atoms with E-state index in [-0.39, 0.29) is 0 Å². The number of piperazine rings is 1. The zero-order valence-electron chi connectivity index (χ0n) is 20.6. The number of allylic oxidation sites excluding steroid dienone is 1. The number of aryl methyl sites for hydroxylation is 2. The lowest BCUT2D eigenvalue weighted by Gasteiger charge is -2.36. The number of rotatable bonds is 7. The van der Waals surface area contributed by atoms with Gasteiger partial charge in [-0.25, -0.2) is 0 Å². The van der Waals surface area contributed by atoms with Crippen molar-refractivity contribution in [1.29, 1.82) is 0 Å². The fourth-order valence-corrected chi connectivity index (χ4v) is 4.54. The maximum atomic E-state index is 3.97. The molecule has 0 unspecified atom stereocenters. The summed E-state index contributed by atoms with van der Waals surface area (Å²) in [6, 6.07) is 7.68. The topological polar surface area (TPSA) is 18.5 Å². The smallest absolute Gasteiger partial charge is 0.0482 e. The van der Waals surface area contributed by atoms with Gasteiger partial charge in [-0.1, -0.05) is 64.7 Å². The zero-order valence-corrected chi connectivity index (χ0v) is 20.6. The van der Waals surface area contributed by atoms with Crippen LogP contribution in [-0.2, 0) is 12.8 Å². The quantitative estimate of drug-likeness (QED) is 0.560. The highest BCUT2D eigenvalue weighted by atomic mass is 15.3. The number of nitrogens with zero attached hydrogens (tertiary/aromatic N) is 2. The van der Waals surface area contributed by atoms with Crippen LogP contribution in [-0.4, -0.2) is 43.7 Å². The second kappa shape index (κ2) is 14.2. The van der Waals surface area contributed by atoms with Crippen LogP contribution in [0.4, 0.5) is 5.69 Å². The van der Waals surface area contributed by atoms with Crippen molar-refractivity contribution in [2.24, 2.45) is 0 Å². The van der Waals surface area contributed by atoms with Gasteiger partial charge in [-0.05, 0) is 56.3 Å². The monoisotopic (exact) mass is 423 g/mol. The first-order valence-corrected chi connectivity index (χ1v) is 12.5. The van der Waals surface area contributed by atoms with Crippen molar-refractivity contribution < 1.29 is 0 Å². The first-order valence-electron chi connectivity index (χ1n) is 12.5. The minimum atomic E-state index is 0.667. The van der Waals surface area contributed by atoms with E-state index in [1.165, 1.54) is 81.6 Å². The molecule has 0 radical (unpaired) electrons. The molecule has 0 spiro atoms. The van der Waals surface area contributed by atoms with Crippen LogP contribution in [0.3, 0.4) is 0 Å². The van der Waals surface area contributed by atoms with Crippen molar-refractivity contribution in [2.45, 2.75) is 85.1 Å². The van der Waals surface area contributed by atoms with Gasteiger partial charge in [0.1, 0.15) is 0 Å². The maximum absolute atomic E-state index is 3.97. The molecule has 1 aliphatic heterocycles. The van der Waals surface area contributed by atoms with E-state index in [0.717, 1.165) is 25.0 Å². The molecule has 0 aromatic heterocycles. The largest absolute Gasteiger partial charge is 0.385 e. The molecule has 3 rings (SSSR count). The van der Waals surface area contributed by atoms with Crippen LogP contribution in [0.15, 0.2) is 30.5 Å². The first-order chi connectivity index (χ1) is 15.1. The van der Waals surface area contributed by atoms with Crippen LogP contribution >= 0.6 is 0 Å². The molecule has 1 heterocycles. The lowest BCUT2D eigenvalue weighted by molar-refractivity contribution is 0.271. The Morgan fingerprint density at radius 3 is 2.32 bits per heavy atom. The molecule has 3 heteroatoms. The summed E-state index contributed by atoms with van der Waals surface area (Å²) in [5.41, 5.74) is 5.52. The number of nitrogens with one attached hydrogen (secondary N) is 1. The Morgan fingerprint density at radius 1 is 1.03 bits per heavy atom. The fraction of sp³-hybridized carbons (Fsp3) is 0.643. The minimum Gasteiger partial charge on any atom is -0.385 e. The van der Waals surface area contributed by atoms with Crippen LogP contribution in [0.2, 0.25) is 0 Å². The number of anilines is 1. The molecule has 2 fully saturated rings. The summed E-state index contributed by atoms with van der Waals surface area (Å²) in [5, 5.41) is 3.46. The zero-order chi connectivity index (χ0) is 22.5. The van der Waals surface area contributed by atoms with Gasteiger partial charge >= 0.3 is 0 Å². The van der Waals surface area contributed by atoms with Crippen LogP contribution in [0.25, 0.3) is 0 Å². The van der Waals surface area contributed by atoms with Gasteiger partial charge < -0.3 is 15.1 Å². The van der Waals surface area contributed by atoms with E-state index in [1.54, 1.807) is 0 Å². The van der Waals surface area contributed by atoms with E-state index in [0.29, 0.717) is 6.04 Å². The van der Waals surface area contributed by atoms with Crippen molar-refractivity contribution in [1.82, 2.24) is 10.2 Å². The Hall–Kier alpha value is -1.92. The van der Waals surface area contributed by atoms with Crippen LogP contribution in [0, 0.1) is 11.8 Å². The van der Waals surface area contributed by atoms with Gasteiger partial charge in [0.2, 0.25) is 0 Å². The Kier molecular flexibility index (Phi) is 11.6. The average Bonchev–Trinajstić information content (AvgIpc) is 2.83. The highest BCUT2D eigenvalue weighted by Crippen LogP contribution is 2.24. The summed E-state index contributed by atoms with van der Waals surface area (Å²) >= 11 is 0. The van der Waals surface area contributed by atoms with Gasteiger partial charge in [0.05, 0.1) is 0 Å². The van der Waals surface area contributed by atoms with E-state index in [2.05, 4.69) is 72.5 Å². The number of benzene rings is 1. The summed E-state index contributed by atoms with van der Waals surface area (Å²) in [4.78, 5) is 5.09. The average molecular weight is 424 g/mol. The predicted octanol–water partition coefficient (Wildman–Crippen LogP) is 5.79.